The Morgan fingerprint density at radius 2 is 1.87 bits per heavy atom. The lowest BCUT2D eigenvalue weighted by molar-refractivity contribution is 0.0174. The monoisotopic (exact) mass is 415 g/mol. The molecule has 1 aromatic carbocycles. The van der Waals surface area contributed by atoms with Crippen LogP contribution in [0.3, 0.4) is 0 Å². The number of hydrogen-bond acceptors (Lipinski definition) is 4. The van der Waals surface area contributed by atoms with Gasteiger partial charge in [-0.1, -0.05) is 24.3 Å². The summed E-state index contributed by atoms with van der Waals surface area (Å²) >= 11 is 0. The van der Waals surface area contributed by atoms with E-state index in [1.165, 1.54) is 18.5 Å². The van der Waals surface area contributed by atoms with Crippen LogP contribution in [0.15, 0.2) is 47.1 Å². The molecule has 3 aromatic rings. The van der Waals surface area contributed by atoms with Crippen LogP contribution in [0.25, 0.3) is 0 Å². The van der Waals surface area contributed by atoms with Crippen molar-refractivity contribution < 1.29 is 17.6 Å². The number of benzene rings is 1. The normalized spacial score (nSPS) is 17.0. The minimum absolute atomic E-state index is 0.0283. The van der Waals surface area contributed by atoms with Crippen molar-refractivity contribution in [2.24, 2.45) is 0 Å². The summed E-state index contributed by atoms with van der Waals surface area (Å²) in [6.07, 6.45) is 4.04. The molecule has 4 rings (SSSR count). The van der Waals surface area contributed by atoms with Crippen LogP contribution in [0.4, 0.5) is 19.0 Å². The first-order chi connectivity index (χ1) is 14.3. The van der Waals surface area contributed by atoms with E-state index in [0.29, 0.717) is 25.1 Å². The molecule has 2 aromatic heterocycles. The van der Waals surface area contributed by atoms with E-state index in [4.69, 9.17) is 4.42 Å². The SMILES string of the molecule is Cc1ccc(CCc2ncnc(N3CCCC3c3ccc(C(C)(F)F)cc3)c2F)o1. The molecule has 158 valence electrons. The number of anilines is 1. The Morgan fingerprint density at radius 1 is 1.10 bits per heavy atom. The molecule has 4 nitrogen and oxygen atoms in total. The van der Waals surface area contributed by atoms with E-state index in [1.807, 2.05) is 24.0 Å². The van der Waals surface area contributed by atoms with Gasteiger partial charge in [0.2, 0.25) is 0 Å². The van der Waals surface area contributed by atoms with Crippen molar-refractivity contribution in [1.29, 1.82) is 0 Å². The Kier molecular flexibility index (Phi) is 5.54. The topological polar surface area (TPSA) is 42.2 Å². The zero-order valence-corrected chi connectivity index (χ0v) is 17.0. The molecule has 1 atom stereocenters. The number of alkyl halides is 2. The van der Waals surface area contributed by atoms with Crippen LogP contribution < -0.4 is 4.90 Å². The predicted octanol–water partition coefficient (Wildman–Crippen LogP) is 5.76. The summed E-state index contributed by atoms with van der Waals surface area (Å²) in [7, 11) is 0. The van der Waals surface area contributed by atoms with E-state index in [1.54, 1.807) is 12.1 Å². The van der Waals surface area contributed by atoms with Gasteiger partial charge in [0.15, 0.2) is 11.6 Å². The van der Waals surface area contributed by atoms with Crippen molar-refractivity contribution in [2.45, 2.75) is 51.5 Å². The fourth-order valence-electron chi connectivity index (χ4n) is 4.00. The third-order valence-corrected chi connectivity index (χ3v) is 5.57. The summed E-state index contributed by atoms with van der Waals surface area (Å²) in [6, 6.07) is 9.96. The molecule has 0 aliphatic carbocycles. The van der Waals surface area contributed by atoms with Crippen LogP contribution in [0.1, 0.15) is 54.1 Å². The average Bonchev–Trinajstić information content (AvgIpc) is 3.36. The highest BCUT2D eigenvalue weighted by Crippen LogP contribution is 2.37. The Labute approximate surface area is 173 Å². The van der Waals surface area contributed by atoms with Gasteiger partial charge in [-0.3, -0.25) is 0 Å². The number of halogens is 3. The zero-order valence-electron chi connectivity index (χ0n) is 17.0. The number of hydrogen-bond donors (Lipinski definition) is 0. The fraction of sp³-hybridized carbons (Fsp3) is 0.391. The summed E-state index contributed by atoms with van der Waals surface area (Å²) in [4.78, 5) is 10.3. The second-order valence-corrected chi connectivity index (χ2v) is 7.83. The molecule has 1 unspecified atom stereocenters. The molecule has 0 amide bonds. The summed E-state index contributed by atoms with van der Waals surface area (Å²) in [5, 5.41) is 0. The number of aromatic nitrogens is 2. The largest absolute Gasteiger partial charge is 0.466 e. The van der Waals surface area contributed by atoms with Gasteiger partial charge < -0.3 is 9.32 Å². The summed E-state index contributed by atoms with van der Waals surface area (Å²) in [5.41, 5.74) is 1.20. The maximum atomic E-state index is 15.2. The van der Waals surface area contributed by atoms with Crippen molar-refractivity contribution in [3.8, 4) is 0 Å². The molecule has 3 heterocycles. The molecule has 30 heavy (non-hydrogen) atoms. The third kappa shape index (κ3) is 4.20. The Morgan fingerprint density at radius 3 is 2.53 bits per heavy atom. The second-order valence-electron chi connectivity index (χ2n) is 7.83. The molecule has 1 saturated heterocycles. The minimum Gasteiger partial charge on any atom is -0.466 e. The van der Waals surface area contributed by atoms with Crippen LogP contribution in [0, 0.1) is 12.7 Å². The zero-order chi connectivity index (χ0) is 21.3. The molecule has 0 radical (unpaired) electrons. The van der Waals surface area contributed by atoms with Crippen LogP contribution in [-0.2, 0) is 18.8 Å². The van der Waals surface area contributed by atoms with Crippen LogP contribution in [0.5, 0.6) is 0 Å². The Balaban J connectivity index is 1.55. The van der Waals surface area contributed by atoms with Gasteiger partial charge in [0.25, 0.3) is 5.92 Å². The van der Waals surface area contributed by atoms with Gasteiger partial charge in [0, 0.05) is 25.5 Å². The number of aryl methyl sites for hydroxylation is 3. The molecule has 1 fully saturated rings. The lowest BCUT2D eigenvalue weighted by atomic mass is 10.0. The van der Waals surface area contributed by atoms with Gasteiger partial charge in [-0.05, 0) is 43.9 Å². The Hall–Kier alpha value is -2.83. The van der Waals surface area contributed by atoms with Gasteiger partial charge in [-0.25, -0.2) is 23.1 Å². The van der Waals surface area contributed by atoms with E-state index >= 15 is 4.39 Å². The number of furan rings is 1. The fourth-order valence-corrected chi connectivity index (χ4v) is 4.00. The smallest absolute Gasteiger partial charge is 0.270 e. The maximum absolute atomic E-state index is 15.2. The summed E-state index contributed by atoms with van der Waals surface area (Å²) in [5.74, 6) is -1.43. The van der Waals surface area contributed by atoms with Gasteiger partial charge in [0.05, 0.1) is 11.7 Å². The molecule has 7 heteroatoms. The molecular formula is C23H24F3N3O. The minimum atomic E-state index is -2.88. The molecule has 0 spiro atoms. The highest BCUT2D eigenvalue weighted by Gasteiger charge is 2.31. The van der Waals surface area contributed by atoms with Crippen molar-refractivity contribution in [1.82, 2.24) is 9.97 Å². The highest BCUT2D eigenvalue weighted by molar-refractivity contribution is 5.46. The van der Waals surface area contributed by atoms with E-state index in [2.05, 4.69) is 9.97 Å². The van der Waals surface area contributed by atoms with Gasteiger partial charge in [-0.15, -0.1) is 0 Å². The lowest BCUT2D eigenvalue weighted by Gasteiger charge is -2.27. The first-order valence-electron chi connectivity index (χ1n) is 10.1. The highest BCUT2D eigenvalue weighted by atomic mass is 19.3. The molecule has 0 N–H and O–H groups in total. The van der Waals surface area contributed by atoms with E-state index in [-0.39, 0.29) is 17.4 Å². The quantitative estimate of drug-likeness (QED) is 0.514. The summed E-state index contributed by atoms with van der Waals surface area (Å²) in [6.45, 7) is 3.40. The first kappa shape index (κ1) is 20.4. The van der Waals surface area contributed by atoms with Crippen molar-refractivity contribution in [2.75, 3.05) is 11.4 Å². The van der Waals surface area contributed by atoms with Crippen molar-refractivity contribution in [3.63, 3.8) is 0 Å². The van der Waals surface area contributed by atoms with Crippen molar-refractivity contribution >= 4 is 5.82 Å². The van der Waals surface area contributed by atoms with Gasteiger partial charge >= 0.3 is 0 Å². The van der Waals surface area contributed by atoms with Crippen molar-refractivity contribution in [3.05, 3.63) is 76.9 Å². The summed E-state index contributed by atoms with van der Waals surface area (Å²) < 4.78 is 47.8. The van der Waals surface area contributed by atoms with Crippen LogP contribution in [0.2, 0.25) is 0 Å². The van der Waals surface area contributed by atoms with Gasteiger partial charge in [0.1, 0.15) is 17.8 Å². The second kappa shape index (κ2) is 8.13. The predicted molar refractivity (Wildman–Crippen MR) is 108 cm³/mol. The molecule has 0 saturated carbocycles. The third-order valence-electron chi connectivity index (χ3n) is 5.57. The molecular weight excluding hydrogens is 391 g/mol. The standard InChI is InChI=1S/C23H24F3N3O/c1-15-5-10-18(30-15)11-12-19-21(24)22(28-14-27-19)29-13-3-4-20(29)16-6-8-17(9-7-16)23(2,25)26/h5-10,14,20H,3-4,11-13H2,1-2H3. The van der Waals surface area contributed by atoms with Gasteiger partial charge in [-0.2, -0.15) is 0 Å². The van der Waals surface area contributed by atoms with E-state index in [0.717, 1.165) is 36.8 Å². The molecule has 1 aliphatic heterocycles. The van der Waals surface area contributed by atoms with E-state index < -0.39 is 11.7 Å². The average molecular weight is 415 g/mol. The molecule has 0 bridgehead atoms. The number of rotatable bonds is 6. The maximum Gasteiger partial charge on any atom is 0.270 e. The Bertz CT molecular complexity index is 1010. The lowest BCUT2D eigenvalue weighted by Crippen LogP contribution is -2.25. The van der Waals surface area contributed by atoms with Crippen LogP contribution >= 0.6 is 0 Å². The van der Waals surface area contributed by atoms with E-state index in [9.17, 15) is 8.78 Å². The number of nitrogens with zero attached hydrogens (tertiary/aromatic N) is 3. The first-order valence-corrected chi connectivity index (χ1v) is 10.1. The van der Waals surface area contributed by atoms with Crippen LogP contribution in [-0.4, -0.2) is 16.5 Å². The molecule has 1 aliphatic rings.